The number of hydrogen-bond donors (Lipinski definition) is 1. The molecule has 1 aromatic rings. The first-order valence-corrected chi connectivity index (χ1v) is 7.06. The second-order valence-electron chi connectivity index (χ2n) is 4.34. The fraction of sp³-hybridized carbons (Fsp3) is 0.500. The Morgan fingerprint density at radius 3 is 2.61 bits per heavy atom. The lowest BCUT2D eigenvalue weighted by Gasteiger charge is -2.25. The van der Waals surface area contributed by atoms with Crippen LogP contribution in [0.5, 0.6) is 0 Å². The third-order valence-electron chi connectivity index (χ3n) is 3.02. The molecule has 0 saturated heterocycles. The number of nitrogens with one attached hydrogen (secondary N) is 1. The molecule has 0 aliphatic rings. The first-order chi connectivity index (χ1) is 8.62. The fourth-order valence-corrected chi connectivity index (χ4v) is 2.56. The van der Waals surface area contributed by atoms with Crippen LogP contribution in [-0.4, -0.2) is 31.4 Å². The zero-order chi connectivity index (χ0) is 13.4. The summed E-state index contributed by atoms with van der Waals surface area (Å²) in [5.41, 5.74) is -0.577. The van der Waals surface area contributed by atoms with Crippen molar-refractivity contribution in [3.8, 4) is 0 Å². The third kappa shape index (κ3) is 4.35. The number of benzene rings is 1. The van der Waals surface area contributed by atoms with Gasteiger partial charge in [-0.3, -0.25) is 4.79 Å². The van der Waals surface area contributed by atoms with Crippen LogP contribution in [0.4, 0.5) is 0 Å². The summed E-state index contributed by atoms with van der Waals surface area (Å²) in [6.07, 6.45) is 1.74. The van der Waals surface area contributed by atoms with E-state index >= 15 is 0 Å². The maximum absolute atomic E-state index is 11.6. The van der Waals surface area contributed by atoms with Gasteiger partial charge in [0.05, 0.1) is 7.11 Å². The second kappa shape index (κ2) is 7.44. The zero-order valence-electron chi connectivity index (χ0n) is 11.2. The number of hydrogen-bond acceptors (Lipinski definition) is 4. The normalized spacial score (nSPS) is 13.9. The van der Waals surface area contributed by atoms with Crippen LogP contribution in [0.15, 0.2) is 35.2 Å². The van der Waals surface area contributed by atoms with E-state index in [2.05, 4.69) is 17.4 Å². The van der Waals surface area contributed by atoms with Gasteiger partial charge in [-0.15, -0.1) is 11.8 Å². The average Bonchev–Trinajstić information content (AvgIpc) is 2.43. The van der Waals surface area contributed by atoms with Crippen LogP contribution in [-0.2, 0) is 9.53 Å². The minimum absolute atomic E-state index is 0.199. The number of thioether (sulfide) groups is 1. The molecular formula is C14H21NO2S. The van der Waals surface area contributed by atoms with Crippen molar-refractivity contribution in [2.45, 2.75) is 30.2 Å². The molecule has 1 unspecified atom stereocenters. The lowest BCUT2D eigenvalue weighted by atomic mass is 9.97. The number of esters is 1. The summed E-state index contributed by atoms with van der Waals surface area (Å²) in [7, 11) is 3.22. The molecule has 18 heavy (non-hydrogen) atoms. The smallest absolute Gasteiger partial charge is 0.325 e. The van der Waals surface area contributed by atoms with E-state index in [1.54, 1.807) is 7.05 Å². The molecule has 1 aromatic carbocycles. The summed E-state index contributed by atoms with van der Waals surface area (Å²) >= 11 is 1.81. The summed E-state index contributed by atoms with van der Waals surface area (Å²) in [5, 5.41) is 3.04. The van der Waals surface area contributed by atoms with Crippen molar-refractivity contribution in [3.05, 3.63) is 30.3 Å². The van der Waals surface area contributed by atoms with Crippen LogP contribution in [0.3, 0.4) is 0 Å². The zero-order valence-corrected chi connectivity index (χ0v) is 12.0. The molecule has 0 radical (unpaired) electrons. The van der Waals surface area contributed by atoms with Crippen molar-refractivity contribution >= 4 is 17.7 Å². The van der Waals surface area contributed by atoms with Gasteiger partial charge in [0, 0.05) is 4.90 Å². The van der Waals surface area contributed by atoms with E-state index in [4.69, 9.17) is 4.74 Å². The molecule has 0 bridgehead atoms. The standard InChI is InChI=1S/C14H21NO2S/c1-14(15-2,13(16)17-3)10-7-11-18-12-8-5-4-6-9-12/h4-6,8-9,15H,7,10-11H2,1-3H3. The number of likely N-dealkylation sites (N-methyl/N-ethyl adjacent to an activating group) is 1. The number of methoxy groups -OCH3 is 1. The van der Waals surface area contributed by atoms with E-state index < -0.39 is 5.54 Å². The summed E-state index contributed by atoms with van der Waals surface area (Å²) in [5.74, 6) is 0.799. The molecule has 1 atom stereocenters. The van der Waals surface area contributed by atoms with Crippen LogP contribution in [0.25, 0.3) is 0 Å². The number of ether oxygens (including phenoxy) is 1. The summed E-state index contributed by atoms with van der Waals surface area (Å²) < 4.78 is 4.81. The van der Waals surface area contributed by atoms with E-state index in [-0.39, 0.29) is 5.97 Å². The van der Waals surface area contributed by atoms with Crippen molar-refractivity contribution < 1.29 is 9.53 Å². The Hall–Kier alpha value is -1.00. The van der Waals surface area contributed by atoms with Gasteiger partial charge in [-0.05, 0) is 44.7 Å². The van der Waals surface area contributed by atoms with Crippen LogP contribution >= 0.6 is 11.8 Å². The molecule has 0 saturated carbocycles. The van der Waals surface area contributed by atoms with E-state index in [9.17, 15) is 4.79 Å². The Balaban J connectivity index is 2.34. The highest BCUT2D eigenvalue weighted by Gasteiger charge is 2.31. The van der Waals surface area contributed by atoms with Crippen LogP contribution in [0.1, 0.15) is 19.8 Å². The van der Waals surface area contributed by atoms with Crippen molar-refractivity contribution in [1.82, 2.24) is 5.32 Å². The molecule has 3 nitrogen and oxygen atoms in total. The summed E-state index contributed by atoms with van der Waals surface area (Å²) in [4.78, 5) is 12.9. The van der Waals surface area contributed by atoms with Crippen molar-refractivity contribution in [3.63, 3.8) is 0 Å². The van der Waals surface area contributed by atoms with Gasteiger partial charge < -0.3 is 10.1 Å². The number of rotatable bonds is 7. The lowest BCUT2D eigenvalue weighted by Crippen LogP contribution is -2.48. The van der Waals surface area contributed by atoms with Gasteiger partial charge in [0.2, 0.25) is 0 Å². The Bertz CT molecular complexity index is 369. The lowest BCUT2D eigenvalue weighted by molar-refractivity contribution is -0.148. The summed E-state index contributed by atoms with van der Waals surface area (Å²) in [6, 6.07) is 10.3. The maximum Gasteiger partial charge on any atom is 0.325 e. The Kier molecular flexibility index (Phi) is 6.22. The molecule has 0 aliphatic carbocycles. The third-order valence-corrected chi connectivity index (χ3v) is 4.12. The molecule has 0 heterocycles. The van der Waals surface area contributed by atoms with Crippen LogP contribution in [0.2, 0.25) is 0 Å². The van der Waals surface area contributed by atoms with E-state index in [1.165, 1.54) is 12.0 Å². The highest BCUT2D eigenvalue weighted by molar-refractivity contribution is 7.99. The number of carbonyl (C=O) groups is 1. The Morgan fingerprint density at radius 2 is 2.06 bits per heavy atom. The highest BCUT2D eigenvalue weighted by Crippen LogP contribution is 2.21. The molecule has 0 aliphatic heterocycles. The number of carbonyl (C=O) groups excluding carboxylic acids is 1. The summed E-state index contributed by atoms with van der Waals surface area (Å²) in [6.45, 7) is 1.88. The Labute approximate surface area is 113 Å². The molecule has 4 heteroatoms. The van der Waals surface area contributed by atoms with Gasteiger partial charge in [0.15, 0.2) is 0 Å². The molecule has 0 fully saturated rings. The van der Waals surface area contributed by atoms with Crippen molar-refractivity contribution in [2.75, 3.05) is 19.9 Å². The predicted molar refractivity (Wildman–Crippen MR) is 75.9 cm³/mol. The fourth-order valence-electron chi connectivity index (χ4n) is 1.69. The maximum atomic E-state index is 11.6. The van der Waals surface area contributed by atoms with Gasteiger partial charge in [-0.2, -0.15) is 0 Å². The van der Waals surface area contributed by atoms with Gasteiger partial charge >= 0.3 is 5.97 Å². The first-order valence-electron chi connectivity index (χ1n) is 6.07. The Morgan fingerprint density at radius 1 is 1.39 bits per heavy atom. The molecular weight excluding hydrogens is 246 g/mol. The minimum Gasteiger partial charge on any atom is -0.468 e. The molecule has 100 valence electrons. The molecule has 0 amide bonds. The predicted octanol–water partition coefficient (Wildman–Crippen LogP) is 2.71. The molecule has 1 rings (SSSR count). The molecule has 0 aromatic heterocycles. The minimum atomic E-state index is -0.577. The van der Waals surface area contributed by atoms with Gasteiger partial charge in [0.1, 0.15) is 5.54 Å². The van der Waals surface area contributed by atoms with E-state index in [1.807, 2.05) is 36.9 Å². The van der Waals surface area contributed by atoms with Gasteiger partial charge in [-0.1, -0.05) is 18.2 Å². The molecule has 1 N–H and O–H groups in total. The monoisotopic (exact) mass is 267 g/mol. The van der Waals surface area contributed by atoms with Crippen LogP contribution < -0.4 is 5.32 Å². The highest BCUT2D eigenvalue weighted by atomic mass is 32.2. The van der Waals surface area contributed by atoms with Crippen molar-refractivity contribution in [1.29, 1.82) is 0 Å². The SMILES string of the molecule is CNC(C)(CCCSc1ccccc1)C(=O)OC. The largest absolute Gasteiger partial charge is 0.468 e. The average molecular weight is 267 g/mol. The van der Waals surface area contributed by atoms with Gasteiger partial charge in [-0.25, -0.2) is 0 Å². The topological polar surface area (TPSA) is 38.3 Å². The van der Waals surface area contributed by atoms with Gasteiger partial charge in [0.25, 0.3) is 0 Å². The van der Waals surface area contributed by atoms with Crippen LogP contribution in [0, 0.1) is 0 Å². The quantitative estimate of drug-likeness (QED) is 0.468. The van der Waals surface area contributed by atoms with Crippen molar-refractivity contribution in [2.24, 2.45) is 0 Å². The second-order valence-corrected chi connectivity index (χ2v) is 5.51. The first kappa shape index (κ1) is 15.1. The van der Waals surface area contributed by atoms with E-state index in [0.29, 0.717) is 0 Å². The molecule has 0 spiro atoms. The van der Waals surface area contributed by atoms with E-state index in [0.717, 1.165) is 18.6 Å².